The first-order valence-electron chi connectivity index (χ1n) is 13.4. The summed E-state index contributed by atoms with van der Waals surface area (Å²) in [7, 11) is -4.03. The van der Waals surface area contributed by atoms with Crippen molar-refractivity contribution in [3.8, 4) is 0 Å². The van der Waals surface area contributed by atoms with Crippen LogP contribution in [0, 0.1) is 12.7 Å². The van der Waals surface area contributed by atoms with Crippen molar-refractivity contribution in [1.82, 2.24) is 19.4 Å². The van der Waals surface area contributed by atoms with Gasteiger partial charge in [-0.25, -0.2) is 13.8 Å². The van der Waals surface area contributed by atoms with Gasteiger partial charge in [0.05, 0.1) is 44.1 Å². The summed E-state index contributed by atoms with van der Waals surface area (Å²) in [6.45, 7) is 6.98. The summed E-state index contributed by atoms with van der Waals surface area (Å²) in [5, 5.41) is 4.18. The zero-order valence-electron chi connectivity index (χ0n) is 23.6. The molecule has 1 saturated heterocycles. The minimum Gasteiger partial charge on any atom is -0.349 e. The van der Waals surface area contributed by atoms with E-state index in [0.29, 0.717) is 27.7 Å². The lowest BCUT2D eigenvalue weighted by molar-refractivity contribution is -0.231. The highest BCUT2D eigenvalue weighted by Gasteiger charge is 2.38. The van der Waals surface area contributed by atoms with Crippen molar-refractivity contribution in [3.63, 3.8) is 0 Å². The quantitative estimate of drug-likeness (QED) is 0.215. The number of morpholine rings is 1. The average molecular weight is 617 g/mol. The van der Waals surface area contributed by atoms with Crippen molar-refractivity contribution < 1.29 is 40.6 Å². The highest BCUT2D eigenvalue weighted by Crippen LogP contribution is 2.47. The van der Waals surface area contributed by atoms with Crippen molar-refractivity contribution in [2.24, 2.45) is 0 Å². The van der Waals surface area contributed by atoms with E-state index < -0.39 is 49.4 Å². The van der Waals surface area contributed by atoms with Gasteiger partial charge < -0.3 is 9.47 Å². The van der Waals surface area contributed by atoms with Gasteiger partial charge >= 0.3 is 19.6 Å². The molecule has 4 rings (SSSR count). The Hall–Kier alpha value is -2.87. The van der Waals surface area contributed by atoms with Crippen LogP contribution in [0.25, 0.3) is 0 Å². The number of alkyl halides is 3. The van der Waals surface area contributed by atoms with Crippen LogP contribution in [0.4, 0.5) is 17.6 Å². The molecule has 10 nitrogen and oxygen atoms in total. The Kier molecular flexibility index (Phi) is 10.1. The molecule has 0 amide bonds. The third-order valence-electron chi connectivity index (χ3n) is 6.58. The normalized spacial score (nSPS) is 19.2. The van der Waals surface area contributed by atoms with Gasteiger partial charge in [-0.3, -0.25) is 18.9 Å². The first kappa shape index (κ1) is 32.1. The fraction of sp³-hybridized carbons (Fsp3) is 0.481. The van der Waals surface area contributed by atoms with Crippen LogP contribution in [-0.4, -0.2) is 52.1 Å². The molecule has 1 fully saturated rings. The number of nitrogens with zero attached hydrogens (tertiary/aromatic N) is 3. The smallest absolute Gasteiger partial charge is 0.349 e. The lowest BCUT2D eigenvalue weighted by atomic mass is 10.0. The maximum absolute atomic E-state index is 13.8. The molecule has 0 saturated carbocycles. The van der Waals surface area contributed by atoms with E-state index in [4.69, 9.17) is 18.5 Å². The van der Waals surface area contributed by atoms with Crippen LogP contribution in [0.2, 0.25) is 0 Å². The van der Waals surface area contributed by atoms with Gasteiger partial charge in [-0.1, -0.05) is 23.8 Å². The molecule has 230 valence electrons. The van der Waals surface area contributed by atoms with Crippen molar-refractivity contribution in [2.45, 2.75) is 58.9 Å². The highest BCUT2D eigenvalue weighted by atomic mass is 31.2. The SMILES string of the molecule is CCOP(=O)(OCC)n1nc(CN2CCO[C@H](O[C@H](C)c3cc(C)cc(C(F)(F)F)c3)[C@@H]2c2ccc(F)cc2)[nH]c1=O. The Morgan fingerprint density at radius 1 is 1.14 bits per heavy atom. The maximum Gasteiger partial charge on any atom is 0.459 e. The highest BCUT2D eigenvalue weighted by molar-refractivity contribution is 7.52. The van der Waals surface area contributed by atoms with Gasteiger partial charge in [-0.15, -0.1) is 9.55 Å². The molecule has 0 unspecified atom stereocenters. The van der Waals surface area contributed by atoms with Gasteiger partial charge in [-0.05, 0) is 63.1 Å². The third-order valence-corrected chi connectivity index (χ3v) is 8.48. The van der Waals surface area contributed by atoms with E-state index in [9.17, 15) is 26.9 Å². The number of aryl methyl sites for hydroxylation is 1. The van der Waals surface area contributed by atoms with E-state index in [1.165, 1.54) is 12.1 Å². The van der Waals surface area contributed by atoms with Gasteiger partial charge in [0.25, 0.3) is 0 Å². The predicted molar refractivity (Wildman–Crippen MR) is 144 cm³/mol. The minimum absolute atomic E-state index is 0.0185. The van der Waals surface area contributed by atoms with E-state index in [1.807, 2.05) is 4.90 Å². The molecular weight excluding hydrogens is 583 g/mol. The van der Waals surface area contributed by atoms with Gasteiger partial charge in [0, 0.05) is 6.54 Å². The van der Waals surface area contributed by atoms with Crippen LogP contribution in [0.5, 0.6) is 0 Å². The Balaban J connectivity index is 1.65. The molecule has 3 aromatic rings. The maximum atomic E-state index is 13.8. The number of halogens is 4. The lowest BCUT2D eigenvalue weighted by Crippen LogP contribution is -2.46. The molecule has 15 heteroatoms. The largest absolute Gasteiger partial charge is 0.459 e. The molecule has 2 aromatic carbocycles. The van der Waals surface area contributed by atoms with E-state index in [0.717, 1.165) is 12.1 Å². The lowest BCUT2D eigenvalue weighted by Gasteiger charge is -2.41. The second-order valence-corrected chi connectivity index (χ2v) is 11.5. The van der Waals surface area contributed by atoms with E-state index in [1.54, 1.807) is 45.9 Å². The molecule has 2 heterocycles. The zero-order valence-corrected chi connectivity index (χ0v) is 24.5. The van der Waals surface area contributed by atoms with Crippen molar-refractivity contribution in [2.75, 3.05) is 26.4 Å². The monoisotopic (exact) mass is 616 g/mol. The van der Waals surface area contributed by atoms with Crippen molar-refractivity contribution >= 4 is 7.75 Å². The molecule has 0 bridgehead atoms. The summed E-state index contributed by atoms with van der Waals surface area (Å²) in [5.74, 6) is -0.313. The predicted octanol–water partition coefficient (Wildman–Crippen LogP) is 5.74. The van der Waals surface area contributed by atoms with Gasteiger partial charge in [-0.2, -0.15) is 13.2 Å². The molecule has 0 radical (unpaired) electrons. The minimum atomic E-state index is -4.52. The second kappa shape index (κ2) is 13.2. The number of aromatic nitrogens is 3. The Bertz CT molecular complexity index is 1450. The molecule has 1 aromatic heterocycles. The number of benzene rings is 2. The van der Waals surface area contributed by atoms with Gasteiger partial charge in [0.15, 0.2) is 6.29 Å². The molecule has 1 N–H and O–H groups in total. The van der Waals surface area contributed by atoms with Gasteiger partial charge in [0.2, 0.25) is 0 Å². The van der Waals surface area contributed by atoms with Crippen LogP contribution in [0.3, 0.4) is 0 Å². The van der Waals surface area contributed by atoms with Crippen LogP contribution in [0.15, 0.2) is 47.3 Å². The summed E-state index contributed by atoms with van der Waals surface area (Å²) in [6, 6.07) is 8.69. The van der Waals surface area contributed by atoms with Crippen LogP contribution in [0.1, 0.15) is 61.0 Å². The van der Waals surface area contributed by atoms with Crippen LogP contribution < -0.4 is 5.69 Å². The third kappa shape index (κ3) is 7.36. The zero-order chi connectivity index (χ0) is 30.7. The summed E-state index contributed by atoms with van der Waals surface area (Å²) in [5.41, 5.74) is -0.239. The molecule has 0 spiro atoms. The first-order chi connectivity index (χ1) is 19.8. The molecule has 0 aliphatic carbocycles. The standard InChI is InChI=1S/C27H33F4N4O6P/c1-5-39-42(37,40-6-2)35-26(36)32-23(33-35)16-34-11-12-38-25(24(34)19-7-9-22(28)10-8-19)41-18(4)20-13-17(3)14-21(15-20)27(29,30)31/h7-10,13-15,18,24-25H,5-6,11-12,16H2,1-4H3,(H,32,33,36)/t18-,24+,25-/m1/s1. The number of ether oxygens (including phenoxy) is 2. The van der Waals surface area contributed by atoms with Crippen LogP contribution in [-0.2, 0) is 35.8 Å². The Morgan fingerprint density at radius 3 is 2.43 bits per heavy atom. The fourth-order valence-electron chi connectivity index (χ4n) is 4.76. The summed E-state index contributed by atoms with van der Waals surface area (Å²) < 4.78 is 90.6. The van der Waals surface area contributed by atoms with E-state index in [-0.39, 0.29) is 32.2 Å². The Morgan fingerprint density at radius 2 is 1.81 bits per heavy atom. The molecule has 1 aliphatic heterocycles. The second-order valence-electron chi connectivity index (χ2n) is 9.68. The van der Waals surface area contributed by atoms with Gasteiger partial charge in [0.1, 0.15) is 11.6 Å². The summed E-state index contributed by atoms with van der Waals surface area (Å²) in [4.78, 5) is 17.1. The number of hydrogen-bond acceptors (Lipinski definition) is 8. The molecule has 42 heavy (non-hydrogen) atoms. The van der Waals surface area contributed by atoms with Crippen molar-refractivity contribution in [3.05, 3.63) is 86.8 Å². The number of hydrogen-bond donors (Lipinski definition) is 1. The van der Waals surface area contributed by atoms with E-state index in [2.05, 4.69) is 10.1 Å². The van der Waals surface area contributed by atoms with Crippen molar-refractivity contribution in [1.29, 1.82) is 0 Å². The molecule has 3 atom stereocenters. The Labute approximate surface area is 240 Å². The number of aromatic amines is 1. The fourth-order valence-corrected chi connectivity index (χ4v) is 6.19. The van der Waals surface area contributed by atoms with Crippen LogP contribution >= 0.6 is 7.75 Å². The topological polar surface area (TPSA) is 108 Å². The average Bonchev–Trinajstić information content (AvgIpc) is 3.29. The molecule has 1 aliphatic rings. The number of nitrogens with one attached hydrogen (secondary N) is 1. The number of H-pyrrole nitrogens is 1. The van der Waals surface area contributed by atoms with E-state index >= 15 is 0 Å². The first-order valence-corrected chi connectivity index (χ1v) is 14.9. The number of rotatable bonds is 11. The summed E-state index contributed by atoms with van der Waals surface area (Å²) in [6.07, 6.45) is -6.31. The summed E-state index contributed by atoms with van der Waals surface area (Å²) >= 11 is 0. The molecular formula is C27H33F4N4O6P.